The zero-order valence-electron chi connectivity index (χ0n) is 17.7. The van der Waals surface area contributed by atoms with E-state index >= 15 is 0 Å². The molecule has 1 aromatic heterocycles. The van der Waals surface area contributed by atoms with Crippen molar-refractivity contribution in [3.8, 4) is 0 Å². The Balaban J connectivity index is 1.74. The van der Waals surface area contributed by atoms with E-state index in [2.05, 4.69) is 22.2 Å². The van der Waals surface area contributed by atoms with E-state index in [0.717, 1.165) is 11.3 Å². The van der Waals surface area contributed by atoms with E-state index in [1.54, 1.807) is 41.8 Å². The second-order valence-electron chi connectivity index (χ2n) is 6.73. The van der Waals surface area contributed by atoms with E-state index in [4.69, 9.17) is 0 Å². The Bertz CT molecular complexity index is 1220. The molecule has 2 N–H and O–H groups in total. The molecule has 168 valence electrons. The molecule has 0 aliphatic carbocycles. The highest BCUT2D eigenvalue weighted by atomic mass is 32.1. The Morgan fingerprint density at radius 2 is 1.88 bits per heavy atom. The number of nitrogens with zero attached hydrogens (tertiary/aromatic N) is 2. The van der Waals surface area contributed by atoms with Crippen molar-refractivity contribution in [1.82, 2.24) is 10.3 Å². The van der Waals surface area contributed by atoms with Gasteiger partial charge in [0.05, 0.1) is 22.6 Å². The van der Waals surface area contributed by atoms with Gasteiger partial charge in [-0.05, 0) is 30.3 Å². The highest BCUT2D eigenvalue weighted by molar-refractivity contribution is 7.14. The first-order valence-corrected chi connectivity index (χ1v) is 10.8. The van der Waals surface area contributed by atoms with Gasteiger partial charge in [0.15, 0.2) is 5.13 Å². The predicted molar refractivity (Wildman–Crippen MR) is 128 cm³/mol. The summed E-state index contributed by atoms with van der Waals surface area (Å²) in [4.78, 5) is 42.3. The normalized spacial score (nSPS) is 10.6. The van der Waals surface area contributed by atoms with Crippen molar-refractivity contribution in [3.63, 3.8) is 0 Å². The average Bonchev–Trinajstić information content (AvgIpc) is 3.26. The Kier molecular flexibility index (Phi) is 7.82. The molecular formula is C24H21FN4O3S. The Morgan fingerprint density at radius 3 is 2.61 bits per heavy atom. The van der Waals surface area contributed by atoms with Crippen molar-refractivity contribution in [2.24, 2.45) is 0 Å². The van der Waals surface area contributed by atoms with Crippen molar-refractivity contribution in [3.05, 3.63) is 89.7 Å². The van der Waals surface area contributed by atoms with Gasteiger partial charge in [-0.1, -0.05) is 30.3 Å². The number of amides is 3. The largest absolute Gasteiger partial charge is 0.349 e. The molecule has 3 rings (SSSR count). The molecule has 0 aliphatic heterocycles. The van der Waals surface area contributed by atoms with Gasteiger partial charge in [0, 0.05) is 24.9 Å². The van der Waals surface area contributed by atoms with Gasteiger partial charge in [0.1, 0.15) is 5.82 Å². The first-order valence-electron chi connectivity index (χ1n) is 9.88. The number of hydrogen-bond acceptors (Lipinski definition) is 5. The second-order valence-corrected chi connectivity index (χ2v) is 7.56. The van der Waals surface area contributed by atoms with Gasteiger partial charge in [-0.25, -0.2) is 9.37 Å². The minimum absolute atomic E-state index is 0.0963. The average molecular weight is 465 g/mol. The fourth-order valence-corrected chi connectivity index (χ4v) is 3.73. The Hall–Kier alpha value is -4.11. The number of nitrogens with one attached hydrogen (secondary N) is 2. The van der Waals surface area contributed by atoms with E-state index in [0.29, 0.717) is 23.5 Å². The third-order valence-corrected chi connectivity index (χ3v) is 5.20. The molecule has 0 atom stereocenters. The number of rotatable bonds is 8. The minimum atomic E-state index is -0.546. The van der Waals surface area contributed by atoms with Crippen molar-refractivity contribution < 1.29 is 18.8 Å². The number of carbonyl (C=O) groups is 3. The van der Waals surface area contributed by atoms with Crippen LogP contribution in [0.3, 0.4) is 0 Å². The lowest BCUT2D eigenvalue weighted by Crippen LogP contribution is -2.24. The molecule has 0 unspecified atom stereocenters. The van der Waals surface area contributed by atoms with Crippen LogP contribution in [0.15, 0.2) is 72.6 Å². The molecule has 0 saturated carbocycles. The molecule has 2 aromatic carbocycles. The van der Waals surface area contributed by atoms with Gasteiger partial charge < -0.3 is 10.6 Å². The predicted octanol–water partition coefficient (Wildman–Crippen LogP) is 4.53. The summed E-state index contributed by atoms with van der Waals surface area (Å²) in [6, 6.07) is 12.5. The first-order chi connectivity index (χ1) is 15.9. The number of anilines is 3. The van der Waals surface area contributed by atoms with E-state index in [-0.39, 0.29) is 16.7 Å². The van der Waals surface area contributed by atoms with Crippen molar-refractivity contribution in [2.75, 3.05) is 16.8 Å². The highest BCUT2D eigenvalue weighted by Crippen LogP contribution is 2.31. The van der Waals surface area contributed by atoms with Crippen molar-refractivity contribution >= 4 is 51.6 Å². The maximum Gasteiger partial charge on any atom is 0.253 e. The van der Waals surface area contributed by atoms with Crippen LogP contribution < -0.4 is 15.5 Å². The van der Waals surface area contributed by atoms with Gasteiger partial charge >= 0.3 is 0 Å². The molecule has 33 heavy (non-hydrogen) atoms. The lowest BCUT2D eigenvalue weighted by atomic mass is 10.1. The topological polar surface area (TPSA) is 91.4 Å². The van der Waals surface area contributed by atoms with Crippen LogP contribution in [0.1, 0.15) is 23.0 Å². The molecule has 0 fully saturated rings. The van der Waals surface area contributed by atoms with E-state index in [1.165, 1.54) is 42.2 Å². The van der Waals surface area contributed by atoms with E-state index in [9.17, 15) is 18.8 Å². The first kappa shape index (κ1) is 23.6. The van der Waals surface area contributed by atoms with Crippen LogP contribution in [0.2, 0.25) is 0 Å². The quantitative estimate of drug-likeness (QED) is 0.378. The number of carbonyl (C=O) groups excluding carboxylic acids is 3. The van der Waals surface area contributed by atoms with Crippen molar-refractivity contribution in [2.45, 2.75) is 6.92 Å². The Labute approximate surface area is 194 Å². The molecule has 3 aromatic rings. The second kappa shape index (κ2) is 11.0. The fraction of sp³-hybridized carbons (Fsp3) is 0.0833. The van der Waals surface area contributed by atoms with Gasteiger partial charge in [0.2, 0.25) is 11.8 Å². The fourth-order valence-electron chi connectivity index (χ4n) is 2.88. The molecular weight excluding hydrogens is 443 g/mol. The third kappa shape index (κ3) is 5.98. The number of para-hydroxylation sites is 2. The van der Waals surface area contributed by atoms with E-state index < -0.39 is 17.6 Å². The highest BCUT2D eigenvalue weighted by Gasteiger charge is 2.20. The standard InChI is InChI=1S/C24H21FN4O3S/c1-3-14-26-23(32)18-8-4-6-10-20(18)28-22(31)13-12-17-15-33-24(27-17)29(16(2)30)21-11-7-5-9-19(21)25/h3-13,15H,1,14H2,2H3,(H,26,32)(H,28,31)/b13-12+. The smallest absolute Gasteiger partial charge is 0.253 e. The molecule has 7 nitrogen and oxygen atoms in total. The molecule has 0 radical (unpaired) electrons. The van der Waals surface area contributed by atoms with Crippen LogP contribution in [0.5, 0.6) is 0 Å². The summed E-state index contributed by atoms with van der Waals surface area (Å²) < 4.78 is 14.2. The lowest BCUT2D eigenvalue weighted by Gasteiger charge is -2.18. The lowest BCUT2D eigenvalue weighted by molar-refractivity contribution is -0.116. The van der Waals surface area contributed by atoms with Crippen LogP contribution >= 0.6 is 11.3 Å². The molecule has 0 saturated heterocycles. The molecule has 0 bridgehead atoms. The zero-order chi connectivity index (χ0) is 23.8. The molecule has 3 amide bonds. The molecule has 1 heterocycles. The number of halogens is 1. The van der Waals surface area contributed by atoms with Gasteiger partial charge in [0.25, 0.3) is 5.91 Å². The maximum absolute atomic E-state index is 14.2. The SMILES string of the molecule is C=CCNC(=O)c1ccccc1NC(=O)/C=C/c1csc(N(C(C)=O)c2ccccc2F)n1. The summed E-state index contributed by atoms with van der Waals surface area (Å²) in [7, 11) is 0. The summed E-state index contributed by atoms with van der Waals surface area (Å²) >= 11 is 1.14. The number of benzene rings is 2. The number of thiazole rings is 1. The molecule has 0 spiro atoms. The number of aromatic nitrogens is 1. The Morgan fingerprint density at radius 1 is 1.15 bits per heavy atom. The zero-order valence-corrected chi connectivity index (χ0v) is 18.6. The summed E-state index contributed by atoms with van der Waals surface area (Å²) in [5.41, 5.74) is 1.19. The van der Waals surface area contributed by atoms with Crippen LogP contribution in [0.25, 0.3) is 6.08 Å². The summed E-state index contributed by atoms with van der Waals surface area (Å²) in [6.07, 6.45) is 4.29. The van der Waals surface area contributed by atoms with Crippen LogP contribution in [-0.2, 0) is 9.59 Å². The summed E-state index contributed by atoms with van der Waals surface area (Å²) in [6.45, 7) is 5.18. The van der Waals surface area contributed by atoms with Gasteiger partial charge in [-0.2, -0.15) is 0 Å². The van der Waals surface area contributed by atoms with Crippen LogP contribution in [0.4, 0.5) is 20.9 Å². The van der Waals surface area contributed by atoms with Crippen LogP contribution in [0, 0.1) is 5.82 Å². The summed E-state index contributed by atoms with van der Waals surface area (Å²) in [5.74, 6) is -1.74. The molecule has 0 aliphatic rings. The van der Waals surface area contributed by atoms with Crippen LogP contribution in [-0.4, -0.2) is 29.3 Å². The van der Waals surface area contributed by atoms with Gasteiger partial charge in [-0.3, -0.25) is 19.3 Å². The third-order valence-electron chi connectivity index (χ3n) is 4.35. The summed E-state index contributed by atoms with van der Waals surface area (Å²) in [5, 5.41) is 7.25. The monoisotopic (exact) mass is 464 g/mol. The van der Waals surface area contributed by atoms with Crippen molar-refractivity contribution in [1.29, 1.82) is 0 Å². The molecule has 9 heteroatoms. The minimum Gasteiger partial charge on any atom is -0.349 e. The maximum atomic E-state index is 14.2. The van der Waals surface area contributed by atoms with E-state index in [1.807, 2.05) is 0 Å². The van der Waals surface area contributed by atoms with Gasteiger partial charge in [-0.15, -0.1) is 17.9 Å². The number of hydrogen-bond donors (Lipinski definition) is 2.